The summed E-state index contributed by atoms with van der Waals surface area (Å²) in [4.78, 5) is 0. The summed E-state index contributed by atoms with van der Waals surface area (Å²) >= 11 is 6.27. The minimum Gasteiger partial charge on any atom is -0.255 e. The van der Waals surface area contributed by atoms with Crippen LogP contribution < -0.4 is 5.43 Å². The van der Waals surface area contributed by atoms with Crippen LogP contribution in [0.25, 0.3) is 0 Å². The number of halogens is 1. The van der Waals surface area contributed by atoms with Crippen LogP contribution in [0.5, 0.6) is 0 Å². The van der Waals surface area contributed by atoms with Crippen molar-refractivity contribution < 1.29 is 0 Å². The van der Waals surface area contributed by atoms with E-state index in [0.717, 1.165) is 18.1 Å². The second-order valence-corrected chi connectivity index (χ2v) is 4.65. The van der Waals surface area contributed by atoms with Crippen molar-refractivity contribution in [1.29, 1.82) is 0 Å². The van der Waals surface area contributed by atoms with E-state index in [1.165, 1.54) is 24.8 Å². The number of hydrogen-bond acceptors (Lipinski definition) is 2. The summed E-state index contributed by atoms with van der Waals surface area (Å²) in [5.74, 6) is 0. The van der Waals surface area contributed by atoms with Crippen LogP contribution in [-0.4, -0.2) is 18.1 Å². The third kappa shape index (κ3) is 2.57. The van der Waals surface area contributed by atoms with Gasteiger partial charge in [-0.3, -0.25) is 5.43 Å². The van der Waals surface area contributed by atoms with Crippen LogP contribution in [0.15, 0.2) is 24.3 Å². The van der Waals surface area contributed by atoms with Crippen molar-refractivity contribution in [3.05, 3.63) is 34.9 Å². The highest BCUT2D eigenvalue weighted by Gasteiger charge is 2.24. The SMILES string of the molecule is CCNN1CCCCC1c1ccccc1Cl. The van der Waals surface area contributed by atoms with Crippen molar-refractivity contribution >= 4 is 11.6 Å². The van der Waals surface area contributed by atoms with Gasteiger partial charge in [-0.1, -0.05) is 43.1 Å². The molecule has 3 heteroatoms. The second-order valence-electron chi connectivity index (χ2n) is 4.24. The zero-order chi connectivity index (χ0) is 11.4. The number of hydrazine groups is 1. The van der Waals surface area contributed by atoms with Gasteiger partial charge in [-0.2, -0.15) is 0 Å². The van der Waals surface area contributed by atoms with Crippen molar-refractivity contribution in [2.75, 3.05) is 13.1 Å². The molecule has 0 bridgehead atoms. The Morgan fingerprint density at radius 3 is 2.94 bits per heavy atom. The number of benzene rings is 1. The molecule has 1 aliphatic heterocycles. The average Bonchev–Trinajstić information content (AvgIpc) is 2.31. The Kier molecular flexibility index (Phi) is 4.22. The number of hydrogen-bond donors (Lipinski definition) is 1. The van der Waals surface area contributed by atoms with Gasteiger partial charge in [-0.05, 0) is 24.5 Å². The highest BCUT2D eigenvalue weighted by atomic mass is 35.5. The molecule has 1 fully saturated rings. The van der Waals surface area contributed by atoms with E-state index in [9.17, 15) is 0 Å². The van der Waals surface area contributed by atoms with Gasteiger partial charge >= 0.3 is 0 Å². The van der Waals surface area contributed by atoms with E-state index in [4.69, 9.17) is 11.6 Å². The molecule has 16 heavy (non-hydrogen) atoms. The highest BCUT2D eigenvalue weighted by Crippen LogP contribution is 2.33. The minimum absolute atomic E-state index is 0.433. The molecule has 2 rings (SSSR count). The Hall–Kier alpha value is -0.570. The lowest BCUT2D eigenvalue weighted by Crippen LogP contribution is -2.43. The molecule has 0 saturated carbocycles. The van der Waals surface area contributed by atoms with Crippen LogP contribution >= 0.6 is 11.6 Å². The molecule has 2 nitrogen and oxygen atoms in total. The molecule has 0 spiro atoms. The fourth-order valence-electron chi connectivity index (χ4n) is 2.39. The third-order valence-electron chi connectivity index (χ3n) is 3.13. The lowest BCUT2D eigenvalue weighted by Gasteiger charge is -2.36. The van der Waals surface area contributed by atoms with Crippen LogP contribution in [0.3, 0.4) is 0 Å². The van der Waals surface area contributed by atoms with Crippen molar-refractivity contribution in [3.8, 4) is 0 Å². The summed E-state index contributed by atoms with van der Waals surface area (Å²) in [6, 6.07) is 8.62. The molecule has 0 aromatic heterocycles. The normalized spacial score (nSPS) is 22.2. The van der Waals surface area contributed by atoms with E-state index >= 15 is 0 Å². The third-order valence-corrected chi connectivity index (χ3v) is 3.47. The van der Waals surface area contributed by atoms with Gasteiger partial charge < -0.3 is 0 Å². The molecular weight excluding hydrogens is 220 g/mol. The largest absolute Gasteiger partial charge is 0.255 e. The van der Waals surface area contributed by atoms with E-state index in [-0.39, 0.29) is 0 Å². The van der Waals surface area contributed by atoms with Crippen LogP contribution in [0.2, 0.25) is 5.02 Å². The summed E-state index contributed by atoms with van der Waals surface area (Å²) in [6.07, 6.45) is 3.75. The fraction of sp³-hybridized carbons (Fsp3) is 0.538. The Morgan fingerprint density at radius 2 is 2.19 bits per heavy atom. The topological polar surface area (TPSA) is 15.3 Å². The second kappa shape index (κ2) is 5.67. The Morgan fingerprint density at radius 1 is 1.38 bits per heavy atom. The highest BCUT2D eigenvalue weighted by molar-refractivity contribution is 6.31. The lowest BCUT2D eigenvalue weighted by molar-refractivity contribution is 0.0886. The first-order chi connectivity index (χ1) is 7.83. The molecule has 0 radical (unpaired) electrons. The molecular formula is C13H19ClN2. The molecule has 1 N–H and O–H groups in total. The fourth-order valence-corrected chi connectivity index (χ4v) is 2.65. The molecule has 1 aliphatic rings. The van der Waals surface area contributed by atoms with E-state index < -0.39 is 0 Å². The number of nitrogens with one attached hydrogen (secondary N) is 1. The first-order valence-electron chi connectivity index (χ1n) is 6.07. The first kappa shape index (κ1) is 11.9. The zero-order valence-corrected chi connectivity index (χ0v) is 10.5. The molecule has 1 atom stereocenters. The summed E-state index contributed by atoms with van der Waals surface area (Å²) in [5, 5.41) is 3.22. The maximum atomic E-state index is 6.27. The number of piperidine rings is 1. The molecule has 1 saturated heterocycles. The van der Waals surface area contributed by atoms with Gasteiger partial charge in [0.1, 0.15) is 0 Å². The molecule has 1 aromatic rings. The standard InChI is InChI=1S/C13H19ClN2/c1-2-15-16-10-6-5-9-13(16)11-7-3-4-8-12(11)14/h3-4,7-8,13,15H,2,5-6,9-10H2,1H3. The van der Waals surface area contributed by atoms with Gasteiger partial charge in [0.05, 0.1) is 6.04 Å². The molecule has 1 heterocycles. The van der Waals surface area contributed by atoms with E-state index in [2.05, 4.69) is 29.5 Å². The Balaban J connectivity index is 2.19. The van der Waals surface area contributed by atoms with Crippen LogP contribution in [0.1, 0.15) is 37.8 Å². The summed E-state index contributed by atoms with van der Waals surface area (Å²) in [7, 11) is 0. The van der Waals surface area contributed by atoms with Gasteiger partial charge in [-0.15, -0.1) is 0 Å². The van der Waals surface area contributed by atoms with Crippen LogP contribution in [0, 0.1) is 0 Å². The molecule has 0 amide bonds. The molecule has 1 aromatic carbocycles. The van der Waals surface area contributed by atoms with Crippen molar-refractivity contribution in [2.45, 2.75) is 32.2 Å². The van der Waals surface area contributed by atoms with Gasteiger partial charge in [0, 0.05) is 18.1 Å². The van der Waals surface area contributed by atoms with Crippen molar-refractivity contribution in [2.24, 2.45) is 0 Å². The lowest BCUT2D eigenvalue weighted by atomic mass is 9.97. The molecule has 1 unspecified atom stereocenters. The van der Waals surface area contributed by atoms with Gasteiger partial charge in [0.15, 0.2) is 0 Å². The maximum Gasteiger partial charge on any atom is 0.0507 e. The van der Waals surface area contributed by atoms with Gasteiger partial charge in [-0.25, -0.2) is 5.01 Å². The Bertz CT molecular complexity index is 338. The van der Waals surface area contributed by atoms with Crippen LogP contribution in [-0.2, 0) is 0 Å². The van der Waals surface area contributed by atoms with E-state index in [0.29, 0.717) is 6.04 Å². The smallest absolute Gasteiger partial charge is 0.0507 e. The maximum absolute atomic E-state index is 6.27. The Labute approximate surface area is 103 Å². The van der Waals surface area contributed by atoms with Gasteiger partial charge in [0.25, 0.3) is 0 Å². The molecule has 0 aliphatic carbocycles. The number of rotatable bonds is 3. The minimum atomic E-state index is 0.433. The first-order valence-corrected chi connectivity index (χ1v) is 6.45. The quantitative estimate of drug-likeness (QED) is 0.869. The van der Waals surface area contributed by atoms with E-state index in [1.54, 1.807) is 0 Å². The molecule has 88 valence electrons. The predicted octanol–water partition coefficient (Wildman–Crippen LogP) is 3.39. The zero-order valence-electron chi connectivity index (χ0n) is 9.75. The predicted molar refractivity (Wildman–Crippen MR) is 68.4 cm³/mol. The summed E-state index contributed by atoms with van der Waals surface area (Å²) in [6.45, 7) is 4.23. The monoisotopic (exact) mass is 238 g/mol. The summed E-state index contributed by atoms with van der Waals surface area (Å²) < 4.78 is 0. The van der Waals surface area contributed by atoms with Crippen molar-refractivity contribution in [3.63, 3.8) is 0 Å². The average molecular weight is 239 g/mol. The van der Waals surface area contributed by atoms with Crippen molar-refractivity contribution in [1.82, 2.24) is 10.4 Å². The van der Waals surface area contributed by atoms with Crippen LogP contribution in [0.4, 0.5) is 0 Å². The summed E-state index contributed by atoms with van der Waals surface area (Å²) in [5.41, 5.74) is 4.69. The van der Waals surface area contributed by atoms with E-state index in [1.807, 2.05) is 12.1 Å². The van der Waals surface area contributed by atoms with Gasteiger partial charge in [0.2, 0.25) is 0 Å². The number of nitrogens with zero attached hydrogens (tertiary/aromatic N) is 1.